The lowest BCUT2D eigenvalue weighted by atomic mass is 9.97. The van der Waals surface area contributed by atoms with Gasteiger partial charge in [0.05, 0.1) is 40.7 Å². The number of pyridine rings is 2. The molecule has 1 unspecified atom stereocenters. The number of nitrogens with one attached hydrogen (secondary N) is 1. The van der Waals surface area contributed by atoms with Gasteiger partial charge in [0.2, 0.25) is 0 Å². The molecule has 0 bridgehead atoms. The maximum absolute atomic E-state index is 14.3. The fourth-order valence-electron chi connectivity index (χ4n) is 6.36. The normalized spacial score (nSPS) is 21.8. The molecule has 3 atom stereocenters. The van der Waals surface area contributed by atoms with Crippen LogP contribution < -0.4 is 15.0 Å². The van der Waals surface area contributed by atoms with Crippen molar-refractivity contribution in [3.05, 3.63) is 77.0 Å². The lowest BCUT2D eigenvalue weighted by molar-refractivity contribution is 0.0901. The third-order valence-corrected chi connectivity index (χ3v) is 8.32. The molecule has 204 valence electrons. The number of fused-ring (bicyclic) bond motifs is 2. The lowest BCUT2D eigenvalue weighted by Gasteiger charge is -2.29. The Morgan fingerprint density at radius 1 is 1.25 bits per heavy atom. The van der Waals surface area contributed by atoms with E-state index in [0.29, 0.717) is 35.3 Å². The molecule has 3 aromatic heterocycles. The Kier molecular flexibility index (Phi) is 6.59. The van der Waals surface area contributed by atoms with E-state index in [0.717, 1.165) is 42.9 Å². The van der Waals surface area contributed by atoms with Gasteiger partial charge in [-0.2, -0.15) is 10.4 Å². The van der Waals surface area contributed by atoms with Crippen molar-refractivity contribution in [1.82, 2.24) is 19.9 Å². The monoisotopic (exact) mass is 558 g/mol. The summed E-state index contributed by atoms with van der Waals surface area (Å²) in [5.74, 6) is 1.23. The van der Waals surface area contributed by atoms with Crippen LogP contribution in [0.1, 0.15) is 42.6 Å². The van der Waals surface area contributed by atoms with Gasteiger partial charge >= 0.3 is 0 Å². The Labute approximate surface area is 236 Å². The molecule has 1 amide bonds. The molecule has 0 radical (unpaired) electrons. The van der Waals surface area contributed by atoms with Gasteiger partial charge in [-0.1, -0.05) is 17.7 Å². The standard InChI is InChI=1S/C30H28ClFN6O2/c1-3-40-22-9-23(28-21(12-33)14-35-38(28)17-22)18-7-8-26(34-13-18)37-15-19-10-30(2,11-20(19)16-37)36-29(39)27-24(31)5-4-6-25(27)32/h4-9,13-14,17,19-20H,3,10-11,15-16H2,1-2H3,(H,36,39)/t19-,20+,30?. The number of rotatable bonds is 6. The van der Waals surface area contributed by atoms with Crippen molar-refractivity contribution in [3.8, 4) is 22.9 Å². The highest BCUT2D eigenvalue weighted by atomic mass is 35.5. The van der Waals surface area contributed by atoms with E-state index in [1.807, 2.05) is 38.2 Å². The van der Waals surface area contributed by atoms with Gasteiger partial charge in [-0.3, -0.25) is 4.79 Å². The summed E-state index contributed by atoms with van der Waals surface area (Å²) in [5.41, 5.74) is 2.38. The average Bonchev–Trinajstić information content (AvgIpc) is 3.59. The predicted octanol–water partition coefficient (Wildman–Crippen LogP) is 5.49. The molecular formula is C30H28ClFN6O2. The highest BCUT2D eigenvalue weighted by Gasteiger charge is 2.48. The zero-order valence-electron chi connectivity index (χ0n) is 22.2. The number of anilines is 1. The first-order valence-electron chi connectivity index (χ1n) is 13.3. The topological polar surface area (TPSA) is 95.5 Å². The molecule has 1 aliphatic heterocycles. The van der Waals surface area contributed by atoms with Crippen LogP contribution in [0.25, 0.3) is 16.6 Å². The van der Waals surface area contributed by atoms with Crippen LogP contribution in [-0.2, 0) is 0 Å². The minimum Gasteiger partial charge on any atom is -0.492 e. The zero-order chi connectivity index (χ0) is 28.0. The number of ether oxygens (including phenoxy) is 1. The Morgan fingerprint density at radius 2 is 2.02 bits per heavy atom. The SMILES string of the molecule is CCOc1cc(-c2ccc(N3C[C@@H]4CC(C)(NC(=O)c5c(F)cccc5Cl)C[C@@H]4C3)nc2)c2c(C#N)cnn2c1. The Balaban J connectivity index is 1.17. The first-order valence-corrected chi connectivity index (χ1v) is 13.7. The molecular weight excluding hydrogens is 531 g/mol. The minimum atomic E-state index is -0.616. The molecule has 4 heterocycles. The van der Waals surface area contributed by atoms with Crippen molar-refractivity contribution < 1.29 is 13.9 Å². The number of carbonyl (C=O) groups is 1. The van der Waals surface area contributed by atoms with Crippen molar-refractivity contribution in [1.29, 1.82) is 5.26 Å². The van der Waals surface area contributed by atoms with E-state index in [4.69, 9.17) is 21.3 Å². The largest absolute Gasteiger partial charge is 0.492 e. The Bertz CT molecular complexity index is 1610. The molecule has 8 nitrogen and oxygen atoms in total. The molecule has 10 heteroatoms. The van der Waals surface area contributed by atoms with Crippen molar-refractivity contribution in [3.63, 3.8) is 0 Å². The second-order valence-corrected chi connectivity index (χ2v) is 11.2. The number of carbonyl (C=O) groups excluding carboxylic acids is 1. The number of benzene rings is 1. The van der Waals surface area contributed by atoms with Crippen LogP contribution in [0, 0.1) is 29.0 Å². The van der Waals surface area contributed by atoms with Crippen molar-refractivity contribution in [2.75, 3.05) is 24.6 Å². The molecule has 4 aromatic rings. The summed E-state index contributed by atoms with van der Waals surface area (Å²) in [6, 6.07) is 12.4. The van der Waals surface area contributed by atoms with Crippen LogP contribution in [0.2, 0.25) is 5.02 Å². The zero-order valence-corrected chi connectivity index (χ0v) is 23.0. The molecule has 2 fully saturated rings. The number of aromatic nitrogens is 3. The summed E-state index contributed by atoms with van der Waals surface area (Å²) >= 11 is 6.11. The quantitative estimate of drug-likeness (QED) is 0.336. The van der Waals surface area contributed by atoms with E-state index >= 15 is 0 Å². The van der Waals surface area contributed by atoms with Gasteiger partial charge in [-0.05, 0) is 68.9 Å². The van der Waals surface area contributed by atoms with Crippen molar-refractivity contribution in [2.45, 2.75) is 32.2 Å². The number of hydrogen-bond donors (Lipinski definition) is 1. The number of nitrogens with zero attached hydrogens (tertiary/aromatic N) is 5. The number of halogens is 2. The van der Waals surface area contributed by atoms with E-state index in [1.54, 1.807) is 16.9 Å². The predicted molar refractivity (Wildman–Crippen MR) is 150 cm³/mol. The molecule has 1 N–H and O–H groups in total. The summed E-state index contributed by atoms with van der Waals surface area (Å²) in [6.07, 6.45) is 6.75. The summed E-state index contributed by atoms with van der Waals surface area (Å²) in [6.45, 7) is 6.12. The highest BCUT2D eigenvalue weighted by molar-refractivity contribution is 6.33. The van der Waals surface area contributed by atoms with E-state index in [9.17, 15) is 14.4 Å². The van der Waals surface area contributed by atoms with Gasteiger partial charge in [-0.15, -0.1) is 0 Å². The minimum absolute atomic E-state index is 0.102. The molecule has 6 rings (SSSR count). The van der Waals surface area contributed by atoms with E-state index in [-0.39, 0.29) is 10.6 Å². The maximum Gasteiger partial charge on any atom is 0.256 e. The molecule has 2 aliphatic rings. The first kappa shape index (κ1) is 26.1. The first-order chi connectivity index (χ1) is 19.3. The van der Waals surface area contributed by atoms with Gasteiger partial charge in [0.15, 0.2) is 0 Å². The van der Waals surface area contributed by atoms with Crippen molar-refractivity contribution in [2.24, 2.45) is 11.8 Å². The Hall–Kier alpha value is -4.16. The molecule has 1 saturated carbocycles. The highest BCUT2D eigenvalue weighted by Crippen LogP contribution is 2.45. The van der Waals surface area contributed by atoms with E-state index in [2.05, 4.69) is 21.4 Å². The van der Waals surface area contributed by atoms with Gasteiger partial charge < -0.3 is 15.0 Å². The van der Waals surface area contributed by atoms with Crippen LogP contribution in [-0.4, -0.2) is 45.7 Å². The fraction of sp³-hybridized carbons (Fsp3) is 0.333. The van der Waals surface area contributed by atoms with E-state index < -0.39 is 17.3 Å². The van der Waals surface area contributed by atoms with Crippen molar-refractivity contribution >= 4 is 28.8 Å². The van der Waals surface area contributed by atoms with Crippen LogP contribution in [0.4, 0.5) is 10.2 Å². The summed E-state index contributed by atoms with van der Waals surface area (Å²) in [5, 5.41) is 17.1. The third-order valence-electron chi connectivity index (χ3n) is 8.01. The number of hydrogen-bond acceptors (Lipinski definition) is 6. The second-order valence-electron chi connectivity index (χ2n) is 10.8. The smallest absolute Gasteiger partial charge is 0.256 e. The maximum atomic E-state index is 14.3. The third kappa shape index (κ3) is 4.62. The molecule has 1 saturated heterocycles. The molecule has 1 aromatic carbocycles. The van der Waals surface area contributed by atoms with Gasteiger partial charge in [-0.25, -0.2) is 13.9 Å². The van der Waals surface area contributed by atoms with Gasteiger partial charge in [0, 0.05) is 36.0 Å². The van der Waals surface area contributed by atoms with Crippen LogP contribution in [0.5, 0.6) is 5.75 Å². The Morgan fingerprint density at radius 3 is 2.67 bits per heavy atom. The summed E-state index contributed by atoms with van der Waals surface area (Å²) in [4.78, 5) is 19.9. The number of nitriles is 1. The van der Waals surface area contributed by atoms with Gasteiger partial charge in [0.25, 0.3) is 5.91 Å². The van der Waals surface area contributed by atoms with Crippen LogP contribution in [0.3, 0.4) is 0 Å². The average molecular weight is 559 g/mol. The number of amides is 1. The van der Waals surface area contributed by atoms with Crippen LogP contribution in [0.15, 0.2) is 55.0 Å². The molecule has 0 spiro atoms. The summed E-state index contributed by atoms with van der Waals surface area (Å²) < 4.78 is 21.7. The fourth-order valence-corrected chi connectivity index (χ4v) is 6.61. The molecule has 1 aliphatic carbocycles. The van der Waals surface area contributed by atoms with Crippen LogP contribution >= 0.6 is 11.6 Å². The second kappa shape index (κ2) is 10.1. The van der Waals surface area contributed by atoms with Gasteiger partial charge in [0.1, 0.15) is 23.5 Å². The molecule has 40 heavy (non-hydrogen) atoms. The van der Waals surface area contributed by atoms with E-state index in [1.165, 1.54) is 18.2 Å². The lowest BCUT2D eigenvalue weighted by Crippen LogP contribution is -2.45. The summed E-state index contributed by atoms with van der Waals surface area (Å²) in [7, 11) is 0.